The summed E-state index contributed by atoms with van der Waals surface area (Å²) >= 11 is 6.95. The molecule has 0 aromatic heterocycles. The summed E-state index contributed by atoms with van der Waals surface area (Å²) in [5.74, 6) is -6.76. The van der Waals surface area contributed by atoms with Gasteiger partial charge in [-0.25, -0.2) is 0 Å². The van der Waals surface area contributed by atoms with Gasteiger partial charge in [0.15, 0.2) is 11.4 Å². The molecule has 1 fully saturated rings. The molecule has 1 amide bonds. The van der Waals surface area contributed by atoms with Crippen molar-refractivity contribution in [1.82, 2.24) is 9.80 Å². The third-order valence-corrected chi connectivity index (χ3v) is 10.8. The minimum absolute atomic E-state index is 0.0210. The van der Waals surface area contributed by atoms with Crippen LogP contribution in [-0.4, -0.2) is 86.5 Å². The van der Waals surface area contributed by atoms with Crippen molar-refractivity contribution in [3.63, 3.8) is 0 Å². The zero-order valence-electron chi connectivity index (χ0n) is 24.5. The maximum Gasteiger partial charge on any atom is 0.255 e. The van der Waals surface area contributed by atoms with Gasteiger partial charge in [-0.2, -0.15) is 0 Å². The molecule has 0 bridgehead atoms. The van der Waals surface area contributed by atoms with Crippen LogP contribution in [0.4, 0.5) is 0 Å². The molecule has 1 aromatic rings. The molecular formula is C31H40ClN3O7. The quantitative estimate of drug-likeness (QED) is 0.281. The van der Waals surface area contributed by atoms with Gasteiger partial charge in [-0.05, 0) is 81.3 Å². The fraction of sp³-hybridized carbons (Fsp3) is 0.581. The highest BCUT2D eigenvalue weighted by atomic mass is 35.5. The van der Waals surface area contributed by atoms with E-state index in [2.05, 4.69) is 18.7 Å². The molecule has 4 aliphatic rings. The number of nitrogens with two attached hydrogens (primary N) is 1. The minimum atomic E-state index is -2.66. The van der Waals surface area contributed by atoms with Crippen LogP contribution in [0, 0.1) is 17.3 Å². The van der Waals surface area contributed by atoms with Gasteiger partial charge in [0.2, 0.25) is 5.78 Å². The molecule has 5 rings (SSSR count). The highest BCUT2D eigenvalue weighted by Crippen LogP contribution is 2.53. The molecule has 10 nitrogen and oxygen atoms in total. The van der Waals surface area contributed by atoms with Crippen molar-refractivity contribution in [2.24, 2.45) is 23.0 Å². The van der Waals surface area contributed by atoms with E-state index in [1.807, 2.05) is 0 Å². The average Bonchev–Trinajstić information content (AvgIpc) is 2.89. The lowest BCUT2D eigenvalue weighted by molar-refractivity contribution is -0.148. The second kappa shape index (κ2) is 10.7. The number of halogens is 1. The number of allylic oxidation sites excluding steroid dienone is 1. The van der Waals surface area contributed by atoms with E-state index in [0.717, 1.165) is 19.5 Å². The lowest BCUT2D eigenvalue weighted by Gasteiger charge is -2.50. The Kier molecular flexibility index (Phi) is 7.75. The Morgan fingerprint density at radius 3 is 2.36 bits per heavy atom. The van der Waals surface area contributed by atoms with Crippen molar-refractivity contribution in [2.45, 2.75) is 70.6 Å². The Morgan fingerprint density at radius 2 is 1.83 bits per heavy atom. The van der Waals surface area contributed by atoms with E-state index >= 15 is 0 Å². The number of benzene rings is 1. The number of carbonyl (C=O) groups is 3. The topological polar surface area (TPSA) is 165 Å². The molecule has 4 atom stereocenters. The standard InChI is InChI=1S/C31H40ClN3O7/c1-5-30(8-7-9-30)14-35(6-2)13-16-12-19(36)21-17(23(16)32)10-15-11-18-24(34(3)4)26(38)22(29(33)41)28(40)31(18,42)27(39)20(15)25(21)37/h12,15,18,24,36,38-39,42H,5-11,13-14H2,1-4H3,(H2,33,41)/t15-,18-,24-,31-/m0/s1. The van der Waals surface area contributed by atoms with Crippen molar-refractivity contribution < 1.29 is 34.8 Å². The lowest BCUT2D eigenvalue weighted by Crippen LogP contribution is -2.63. The molecule has 6 N–H and O–H groups in total. The summed E-state index contributed by atoms with van der Waals surface area (Å²) in [6, 6.07) is 0.445. The first-order valence-corrected chi connectivity index (χ1v) is 15.0. The Morgan fingerprint density at radius 1 is 1.17 bits per heavy atom. The van der Waals surface area contributed by atoms with Gasteiger partial charge in [0.1, 0.15) is 22.8 Å². The molecule has 0 radical (unpaired) electrons. The Balaban J connectivity index is 1.57. The number of fused-ring (bicyclic) bond motifs is 3. The SMILES string of the molecule is CCN(Cc1cc(O)c2c(c1Cl)C[C@H]1C[C@H]3[C@H](N(C)C)C(O)=C(C(N)=O)C(=O)[C@@]3(O)C(O)=C1C2=O)CC1(CC)CCC1. The number of aliphatic hydroxyl groups is 3. The number of likely N-dealkylation sites (N-methyl/N-ethyl adjacent to an activating group) is 1. The molecular weight excluding hydrogens is 562 g/mol. The number of aromatic hydroxyl groups is 1. The first kappa shape index (κ1) is 30.5. The third kappa shape index (κ3) is 4.37. The predicted molar refractivity (Wildman–Crippen MR) is 156 cm³/mol. The monoisotopic (exact) mass is 601 g/mol. The van der Waals surface area contributed by atoms with Crippen LogP contribution in [0.15, 0.2) is 28.7 Å². The van der Waals surface area contributed by atoms with E-state index in [1.54, 1.807) is 14.1 Å². The van der Waals surface area contributed by atoms with Crippen LogP contribution in [0.5, 0.6) is 5.75 Å². The van der Waals surface area contributed by atoms with Crippen LogP contribution in [0.2, 0.25) is 5.02 Å². The Labute approximate surface area is 250 Å². The zero-order valence-corrected chi connectivity index (χ0v) is 25.3. The van der Waals surface area contributed by atoms with E-state index in [1.165, 1.54) is 30.2 Å². The summed E-state index contributed by atoms with van der Waals surface area (Å²) in [5, 5.41) is 45.6. The van der Waals surface area contributed by atoms with E-state index < -0.39 is 58.0 Å². The molecule has 0 unspecified atom stereocenters. The van der Waals surface area contributed by atoms with Gasteiger partial charge in [0.25, 0.3) is 5.91 Å². The molecule has 42 heavy (non-hydrogen) atoms. The smallest absolute Gasteiger partial charge is 0.255 e. The molecule has 0 saturated heterocycles. The van der Waals surface area contributed by atoms with Crippen LogP contribution in [-0.2, 0) is 22.6 Å². The maximum absolute atomic E-state index is 13.9. The van der Waals surface area contributed by atoms with Gasteiger partial charge in [0.05, 0.1) is 11.6 Å². The second-order valence-corrected chi connectivity index (χ2v) is 13.1. The number of hydrogen-bond acceptors (Lipinski definition) is 9. The lowest BCUT2D eigenvalue weighted by atomic mass is 9.58. The molecule has 1 aromatic carbocycles. The van der Waals surface area contributed by atoms with Gasteiger partial charge in [-0.15, -0.1) is 0 Å². The van der Waals surface area contributed by atoms with Crippen LogP contribution < -0.4 is 5.73 Å². The molecule has 228 valence electrons. The molecule has 0 aliphatic heterocycles. The van der Waals surface area contributed by atoms with E-state index in [9.17, 15) is 34.8 Å². The first-order chi connectivity index (χ1) is 19.7. The third-order valence-electron chi connectivity index (χ3n) is 10.3. The Bertz CT molecular complexity index is 1420. The van der Waals surface area contributed by atoms with Crippen molar-refractivity contribution in [3.8, 4) is 5.75 Å². The van der Waals surface area contributed by atoms with Gasteiger partial charge >= 0.3 is 0 Å². The summed E-state index contributed by atoms with van der Waals surface area (Å²) in [4.78, 5) is 43.3. The van der Waals surface area contributed by atoms with Crippen molar-refractivity contribution in [3.05, 3.63) is 50.4 Å². The number of phenols is 1. The summed E-state index contributed by atoms with van der Waals surface area (Å²) in [6.45, 7) is 6.51. The first-order valence-electron chi connectivity index (χ1n) is 14.6. The highest BCUT2D eigenvalue weighted by molar-refractivity contribution is 6.33. The Hall–Kier alpha value is -2.92. The number of phenolic OH excluding ortho intramolecular Hbond substituents is 1. The van der Waals surface area contributed by atoms with Crippen molar-refractivity contribution in [2.75, 3.05) is 27.2 Å². The number of hydrogen-bond donors (Lipinski definition) is 5. The summed E-state index contributed by atoms with van der Waals surface area (Å²) in [5.41, 5.74) is 3.07. The van der Waals surface area contributed by atoms with Crippen molar-refractivity contribution >= 4 is 29.1 Å². The number of amides is 1. The molecule has 0 heterocycles. The zero-order chi connectivity index (χ0) is 30.9. The molecule has 1 saturated carbocycles. The van der Waals surface area contributed by atoms with E-state index in [4.69, 9.17) is 17.3 Å². The number of ketones is 2. The van der Waals surface area contributed by atoms with E-state index in [-0.39, 0.29) is 29.7 Å². The number of Topliss-reactive ketones (excluding diaryl/α,β-unsaturated/α-hetero) is 2. The van der Waals surface area contributed by atoms with Crippen LogP contribution in [0.3, 0.4) is 0 Å². The highest BCUT2D eigenvalue weighted by Gasteiger charge is 2.63. The largest absolute Gasteiger partial charge is 0.510 e. The number of carbonyl (C=O) groups excluding carboxylic acids is 3. The van der Waals surface area contributed by atoms with Gasteiger partial charge in [0, 0.05) is 29.6 Å². The van der Waals surface area contributed by atoms with Crippen LogP contribution >= 0.6 is 11.6 Å². The fourth-order valence-electron chi connectivity index (χ4n) is 7.76. The normalized spacial score (nSPS) is 28.5. The summed E-state index contributed by atoms with van der Waals surface area (Å²) < 4.78 is 0. The summed E-state index contributed by atoms with van der Waals surface area (Å²) in [7, 11) is 3.19. The van der Waals surface area contributed by atoms with E-state index in [0.29, 0.717) is 28.1 Å². The van der Waals surface area contributed by atoms with Crippen LogP contribution in [0.1, 0.15) is 67.4 Å². The van der Waals surface area contributed by atoms with Gasteiger partial charge in [-0.3, -0.25) is 24.2 Å². The summed E-state index contributed by atoms with van der Waals surface area (Å²) in [6.07, 6.45) is 4.89. The number of nitrogens with zero attached hydrogens (tertiary/aromatic N) is 2. The predicted octanol–water partition coefficient (Wildman–Crippen LogP) is 3.18. The maximum atomic E-state index is 13.9. The molecule has 4 aliphatic carbocycles. The van der Waals surface area contributed by atoms with Gasteiger partial charge < -0.3 is 26.2 Å². The second-order valence-electron chi connectivity index (χ2n) is 12.7. The van der Waals surface area contributed by atoms with Crippen molar-refractivity contribution in [1.29, 1.82) is 0 Å². The average molecular weight is 602 g/mol. The van der Waals surface area contributed by atoms with Crippen LogP contribution in [0.25, 0.3) is 0 Å². The molecule has 11 heteroatoms. The molecule has 0 spiro atoms. The minimum Gasteiger partial charge on any atom is -0.510 e. The number of primary amides is 1. The number of rotatable bonds is 8. The number of aliphatic hydroxyl groups excluding tert-OH is 2. The van der Waals surface area contributed by atoms with Gasteiger partial charge in [-0.1, -0.05) is 31.9 Å². The fourth-order valence-corrected chi connectivity index (χ4v) is 8.05.